The number of urea groups is 1. The zero-order valence-corrected chi connectivity index (χ0v) is 16.9. The summed E-state index contributed by atoms with van der Waals surface area (Å²) >= 11 is 5.85. The van der Waals surface area contributed by atoms with Crippen molar-refractivity contribution >= 4 is 23.3 Å². The first kappa shape index (κ1) is 19.1. The van der Waals surface area contributed by atoms with Gasteiger partial charge in [0.1, 0.15) is 5.82 Å². The molecule has 2 heterocycles. The summed E-state index contributed by atoms with van der Waals surface area (Å²) in [4.78, 5) is 22.6. The lowest BCUT2D eigenvalue weighted by Crippen LogP contribution is -2.49. The SMILES string of the molecule is CC[C@]1(c2cccc(F)c2)CC[C@]2(CC1)CN(c1cnc(Cl)nc1C)C(=O)N2. The Bertz CT molecular complexity index is 911. The maximum Gasteiger partial charge on any atom is 0.322 e. The molecule has 1 saturated heterocycles. The first-order valence-corrected chi connectivity index (χ1v) is 10.1. The molecule has 0 atom stereocenters. The van der Waals surface area contributed by atoms with Crippen LogP contribution in [0.25, 0.3) is 0 Å². The fourth-order valence-corrected chi connectivity index (χ4v) is 4.93. The number of halogens is 2. The lowest BCUT2D eigenvalue weighted by atomic mass is 9.63. The van der Waals surface area contributed by atoms with Crippen LogP contribution in [0, 0.1) is 12.7 Å². The van der Waals surface area contributed by atoms with E-state index in [-0.39, 0.29) is 28.1 Å². The van der Waals surface area contributed by atoms with Crippen molar-refractivity contribution in [2.45, 2.75) is 56.9 Å². The first-order chi connectivity index (χ1) is 13.4. The van der Waals surface area contributed by atoms with Crippen molar-refractivity contribution in [2.24, 2.45) is 0 Å². The molecule has 1 spiro atoms. The van der Waals surface area contributed by atoms with Crippen molar-refractivity contribution in [1.82, 2.24) is 15.3 Å². The number of carbonyl (C=O) groups is 1. The number of aryl methyl sites for hydroxylation is 1. The predicted octanol–water partition coefficient (Wildman–Crippen LogP) is 4.77. The molecule has 0 unspecified atom stereocenters. The molecule has 0 radical (unpaired) electrons. The standard InChI is InChI=1S/C21H24ClFN4O/c1-3-20(15-5-4-6-16(23)11-15)7-9-21(10-8-20)13-27(19(28)26-21)17-12-24-18(22)25-14(17)2/h4-6,11-12H,3,7-10,13H2,1-2H3,(H,26,28)/t20-,21-. The van der Waals surface area contributed by atoms with E-state index in [0.717, 1.165) is 37.7 Å². The Labute approximate surface area is 169 Å². The molecule has 1 aromatic heterocycles. The molecule has 1 aliphatic heterocycles. The second-order valence-corrected chi connectivity index (χ2v) is 8.39. The van der Waals surface area contributed by atoms with E-state index in [1.807, 2.05) is 13.0 Å². The Morgan fingerprint density at radius 2 is 2.04 bits per heavy atom. The van der Waals surface area contributed by atoms with Crippen LogP contribution in [0.3, 0.4) is 0 Å². The molecule has 148 valence electrons. The van der Waals surface area contributed by atoms with Gasteiger partial charge in [-0.2, -0.15) is 0 Å². The lowest BCUT2D eigenvalue weighted by molar-refractivity contribution is 0.184. The van der Waals surface area contributed by atoms with Gasteiger partial charge in [-0.05, 0) is 73.7 Å². The van der Waals surface area contributed by atoms with Gasteiger partial charge in [0.15, 0.2) is 0 Å². The van der Waals surface area contributed by atoms with Gasteiger partial charge in [-0.25, -0.2) is 19.2 Å². The highest BCUT2D eigenvalue weighted by molar-refractivity contribution is 6.28. The topological polar surface area (TPSA) is 58.1 Å². The van der Waals surface area contributed by atoms with Gasteiger partial charge in [-0.1, -0.05) is 19.1 Å². The molecule has 0 bridgehead atoms. The average Bonchev–Trinajstić information content (AvgIpc) is 2.99. The number of nitrogens with one attached hydrogen (secondary N) is 1. The predicted molar refractivity (Wildman–Crippen MR) is 107 cm³/mol. The van der Waals surface area contributed by atoms with Crippen molar-refractivity contribution in [3.05, 3.63) is 52.8 Å². The van der Waals surface area contributed by atoms with E-state index in [1.165, 1.54) is 6.07 Å². The lowest BCUT2D eigenvalue weighted by Gasteiger charge is -2.44. The summed E-state index contributed by atoms with van der Waals surface area (Å²) in [5.74, 6) is -0.191. The van der Waals surface area contributed by atoms with E-state index in [1.54, 1.807) is 23.2 Å². The summed E-state index contributed by atoms with van der Waals surface area (Å²) in [5.41, 5.74) is 2.13. The number of anilines is 1. The van der Waals surface area contributed by atoms with Gasteiger partial charge in [0.05, 0.1) is 29.7 Å². The van der Waals surface area contributed by atoms with Gasteiger partial charge in [-0.3, -0.25) is 4.90 Å². The highest BCUT2D eigenvalue weighted by Crippen LogP contribution is 2.47. The largest absolute Gasteiger partial charge is 0.330 e. The number of aromatic nitrogens is 2. The molecule has 1 aliphatic carbocycles. The zero-order chi connectivity index (χ0) is 19.9. The average molecular weight is 403 g/mol. The summed E-state index contributed by atoms with van der Waals surface area (Å²) in [7, 11) is 0. The van der Waals surface area contributed by atoms with Crippen molar-refractivity contribution < 1.29 is 9.18 Å². The number of rotatable bonds is 3. The van der Waals surface area contributed by atoms with Crippen LogP contribution < -0.4 is 10.2 Å². The number of benzene rings is 1. The maximum atomic E-state index is 13.8. The molecule has 5 nitrogen and oxygen atoms in total. The summed E-state index contributed by atoms with van der Waals surface area (Å²) < 4.78 is 13.8. The van der Waals surface area contributed by atoms with Crippen molar-refractivity contribution in [2.75, 3.05) is 11.4 Å². The van der Waals surface area contributed by atoms with Gasteiger partial charge in [0.25, 0.3) is 0 Å². The number of carbonyl (C=O) groups excluding carboxylic acids is 1. The van der Waals surface area contributed by atoms with E-state index in [2.05, 4.69) is 22.2 Å². The van der Waals surface area contributed by atoms with Crippen LogP contribution >= 0.6 is 11.6 Å². The number of amides is 2. The Kier molecular flexibility index (Phi) is 4.78. The zero-order valence-electron chi connectivity index (χ0n) is 16.1. The Hall–Kier alpha value is -2.21. The number of hydrogen-bond acceptors (Lipinski definition) is 3. The fraction of sp³-hybridized carbons (Fsp3) is 0.476. The molecule has 2 aromatic rings. The molecule has 2 amide bonds. The van der Waals surface area contributed by atoms with Gasteiger partial charge in [-0.15, -0.1) is 0 Å². The van der Waals surface area contributed by atoms with Gasteiger partial charge >= 0.3 is 6.03 Å². The van der Waals surface area contributed by atoms with Crippen LogP contribution in [-0.2, 0) is 5.41 Å². The van der Waals surface area contributed by atoms with Crippen LogP contribution in [-0.4, -0.2) is 28.1 Å². The second-order valence-electron chi connectivity index (χ2n) is 8.05. The van der Waals surface area contributed by atoms with E-state index >= 15 is 0 Å². The molecule has 28 heavy (non-hydrogen) atoms. The molecule has 1 saturated carbocycles. The Morgan fingerprint density at radius 1 is 1.29 bits per heavy atom. The highest BCUT2D eigenvalue weighted by atomic mass is 35.5. The van der Waals surface area contributed by atoms with Crippen LogP contribution in [0.15, 0.2) is 30.5 Å². The first-order valence-electron chi connectivity index (χ1n) is 9.71. The third kappa shape index (κ3) is 3.24. The second kappa shape index (κ2) is 6.99. The molecule has 2 fully saturated rings. The minimum absolute atomic E-state index is 0.0369. The van der Waals surface area contributed by atoms with Gasteiger partial charge in [0, 0.05) is 0 Å². The van der Waals surface area contributed by atoms with Crippen LogP contribution in [0.2, 0.25) is 5.28 Å². The van der Waals surface area contributed by atoms with Gasteiger partial charge < -0.3 is 5.32 Å². The Balaban J connectivity index is 1.55. The molecule has 7 heteroatoms. The molecular weight excluding hydrogens is 379 g/mol. The van der Waals surface area contributed by atoms with Gasteiger partial charge in [0.2, 0.25) is 5.28 Å². The van der Waals surface area contributed by atoms with Crippen LogP contribution in [0.4, 0.5) is 14.9 Å². The molecule has 1 aromatic carbocycles. The highest BCUT2D eigenvalue weighted by Gasteiger charge is 2.49. The Morgan fingerprint density at radius 3 is 2.68 bits per heavy atom. The van der Waals surface area contributed by atoms with E-state index < -0.39 is 0 Å². The quantitative estimate of drug-likeness (QED) is 0.752. The monoisotopic (exact) mass is 402 g/mol. The summed E-state index contributed by atoms with van der Waals surface area (Å²) in [6.07, 6.45) is 6.10. The van der Waals surface area contributed by atoms with Crippen molar-refractivity contribution in [3.63, 3.8) is 0 Å². The summed E-state index contributed by atoms with van der Waals surface area (Å²) in [6.45, 7) is 4.57. The van der Waals surface area contributed by atoms with Crippen molar-refractivity contribution in [3.8, 4) is 0 Å². The molecule has 4 rings (SSSR count). The number of hydrogen-bond donors (Lipinski definition) is 1. The van der Waals surface area contributed by atoms with Crippen LogP contribution in [0.5, 0.6) is 0 Å². The normalized spacial score (nSPS) is 27.3. The van der Waals surface area contributed by atoms with Crippen LogP contribution in [0.1, 0.15) is 50.3 Å². The van der Waals surface area contributed by atoms with E-state index in [0.29, 0.717) is 17.9 Å². The molecule has 2 aliphatic rings. The molecule has 1 N–H and O–H groups in total. The molecular formula is C21H24ClFN4O. The summed E-state index contributed by atoms with van der Waals surface area (Å²) in [5, 5.41) is 3.39. The number of nitrogens with zero attached hydrogens (tertiary/aromatic N) is 3. The third-order valence-corrected chi connectivity index (χ3v) is 6.75. The summed E-state index contributed by atoms with van der Waals surface area (Å²) in [6, 6.07) is 6.84. The third-order valence-electron chi connectivity index (χ3n) is 6.57. The minimum atomic E-state index is -0.269. The van der Waals surface area contributed by atoms with Crippen molar-refractivity contribution in [1.29, 1.82) is 0 Å². The fourth-order valence-electron chi connectivity index (χ4n) is 4.76. The maximum absolute atomic E-state index is 13.8. The smallest absolute Gasteiger partial charge is 0.322 e. The van der Waals surface area contributed by atoms with E-state index in [4.69, 9.17) is 11.6 Å². The van der Waals surface area contributed by atoms with E-state index in [9.17, 15) is 9.18 Å². The minimum Gasteiger partial charge on any atom is -0.330 e.